The summed E-state index contributed by atoms with van der Waals surface area (Å²) in [6.45, 7) is 8.94. The lowest BCUT2D eigenvalue weighted by Gasteiger charge is -2.44. The third-order valence-corrected chi connectivity index (χ3v) is 5.41. The van der Waals surface area contributed by atoms with Crippen LogP contribution in [0.15, 0.2) is 0 Å². The molecule has 1 heterocycles. The third kappa shape index (κ3) is 4.23. The van der Waals surface area contributed by atoms with Crippen LogP contribution in [0.5, 0.6) is 0 Å². The van der Waals surface area contributed by atoms with E-state index < -0.39 is 11.2 Å². The van der Waals surface area contributed by atoms with E-state index in [4.69, 9.17) is 14.2 Å². The molecule has 1 aliphatic heterocycles. The van der Waals surface area contributed by atoms with Crippen LogP contribution in [0.1, 0.15) is 72.6 Å². The van der Waals surface area contributed by atoms with E-state index in [0.29, 0.717) is 19.1 Å². The molecule has 0 aromatic rings. The Morgan fingerprint density at radius 3 is 2.55 bits per heavy atom. The van der Waals surface area contributed by atoms with Crippen LogP contribution in [-0.2, 0) is 19.0 Å². The molecule has 0 aromatic heterocycles. The first-order chi connectivity index (χ1) is 10.4. The molecule has 4 nitrogen and oxygen atoms in total. The molecule has 128 valence electrons. The van der Waals surface area contributed by atoms with Crippen molar-refractivity contribution in [1.29, 1.82) is 0 Å². The molecule has 0 spiro atoms. The highest BCUT2D eigenvalue weighted by Gasteiger charge is 2.42. The Kier molecular flexibility index (Phi) is 5.89. The number of carbonyl (C=O) groups excluding carboxylic acids is 1. The monoisotopic (exact) mass is 312 g/mol. The highest BCUT2D eigenvalue weighted by molar-refractivity contribution is 5.75. The van der Waals surface area contributed by atoms with E-state index in [-0.39, 0.29) is 12.1 Å². The van der Waals surface area contributed by atoms with Gasteiger partial charge >= 0.3 is 5.97 Å². The van der Waals surface area contributed by atoms with Crippen LogP contribution >= 0.6 is 0 Å². The molecule has 2 atom stereocenters. The van der Waals surface area contributed by atoms with Crippen LogP contribution in [0.4, 0.5) is 0 Å². The molecule has 0 aromatic carbocycles. The maximum absolute atomic E-state index is 12.1. The summed E-state index contributed by atoms with van der Waals surface area (Å²) in [5, 5.41) is 0. The van der Waals surface area contributed by atoms with Crippen molar-refractivity contribution >= 4 is 5.97 Å². The lowest BCUT2D eigenvalue weighted by atomic mass is 9.83. The van der Waals surface area contributed by atoms with Crippen LogP contribution in [-0.4, -0.2) is 31.1 Å². The van der Waals surface area contributed by atoms with Crippen molar-refractivity contribution in [2.24, 2.45) is 11.3 Å². The average molecular weight is 312 g/mol. The quantitative estimate of drug-likeness (QED) is 0.718. The third-order valence-electron chi connectivity index (χ3n) is 5.41. The van der Waals surface area contributed by atoms with Gasteiger partial charge < -0.3 is 14.2 Å². The molecule has 1 saturated carbocycles. The largest absolute Gasteiger partial charge is 0.463 e. The van der Waals surface area contributed by atoms with E-state index in [0.717, 1.165) is 12.8 Å². The molecule has 1 aliphatic carbocycles. The predicted octanol–water partition coefficient (Wildman–Crippen LogP) is 4.07. The first-order valence-electron chi connectivity index (χ1n) is 8.86. The topological polar surface area (TPSA) is 44.8 Å². The maximum atomic E-state index is 12.1. The highest BCUT2D eigenvalue weighted by Crippen LogP contribution is 2.39. The number of hydrogen-bond acceptors (Lipinski definition) is 4. The molecule has 0 bridgehead atoms. The van der Waals surface area contributed by atoms with Gasteiger partial charge in [0.25, 0.3) is 0 Å². The minimum atomic E-state index is -0.504. The van der Waals surface area contributed by atoms with Crippen molar-refractivity contribution in [2.75, 3.05) is 13.2 Å². The zero-order chi connectivity index (χ0) is 16.2. The Morgan fingerprint density at radius 1 is 1.23 bits per heavy atom. The molecule has 2 rings (SSSR count). The van der Waals surface area contributed by atoms with Crippen molar-refractivity contribution in [1.82, 2.24) is 0 Å². The normalized spacial score (nSPS) is 31.0. The van der Waals surface area contributed by atoms with Crippen LogP contribution in [0.3, 0.4) is 0 Å². The summed E-state index contributed by atoms with van der Waals surface area (Å²) < 4.78 is 17.7. The molecule has 2 fully saturated rings. The standard InChI is InChI=1S/C18H32O4/c1-5-17(2,3)16(19)20-13-15-11-12-21-18(4,22-15)14-9-7-6-8-10-14/h14-15H,5-13H2,1-4H3. The van der Waals surface area contributed by atoms with Gasteiger partial charge in [-0.3, -0.25) is 4.79 Å². The van der Waals surface area contributed by atoms with Crippen molar-refractivity contribution in [2.45, 2.75) is 84.5 Å². The number of esters is 1. The van der Waals surface area contributed by atoms with Crippen LogP contribution in [0, 0.1) is 11.3 Å². The first-order valence-corrected chi connectivity index (χ1v) is 8.86. The first kappa shape index (κ1) is 17.7. The van der Waals surface area contributed by atoms with Gasteiger partial charge in [0.05, 0.1) is 18.1 Å². The fourth-order valence-electron chi connectivity index (χ4n) is 3.28. The predicted molar refractivity (Wildman–Crippen MR) is 85.5 cm³/mol. The lowest BCUT2D eigenvalue weighted by molar-refractivity contribution is -0.316. The van der Waals surface area contributed by atoms with Gasteiger partial charge in [-0.25, -0.2) is 0 Å². The van der Waals surface area contributed by atoms with Crippen molar-refractivity contribution in [3.8, 4) is 0 Å². The zero-order valence-electron chi connectivity index (χ0n) is 14.7. The molecule has 4 heteroatoms. The summed E-state index contributed by atoms with van der Waals surface area (Å²) in [6, 6.07) is 0. The van der Waals surface area contributed by atoms with Crippen LogP contribution < -0.4 is 0 Å². The van der Waals surface area contributed by atoms with Gasteiger partial charge in [-0.1, -0.05) is 26.2 Å². The fraction of sp³-hybridized carbons (Fsp3) is 0.944. The maximum Gasteiger partial charge on any atom is 0.311 e. The molecule has 22 heavy (non-hydrogen) atoms. The van der Waals surface area contributed by atoms with Crippen molar-refractivity contribution < 1.29 is 19.0 Å². The van der Waals surface area contributed by atoms with Gasteiger partial charge in [0.2, 0.25) is 0 Å². The summed E-state index contributed by atoms with van der Waals surface area (Å²) in [4.78, 5) is 12.1. The highest BCUT2D eigenvalue weighted by atomic mass is 16.7. The summed E-state index contributed by atoms with van der Waals surface area (Å²) in [5.74, 6) is -0.174. The molecule has 2 aliphatic rings. The molecule has 0 N–H and O–H groups in total. The van der Waals surface area contributed by atoms with Crippen LogP contribution in [0.2, 0.25) is 0 Å². The Morgan fingerprint density at radius 2 is 1.91 bits per heavy atom. The number of ether oxygens (including phenoxy) is 3. The van der Waals surface area contributed by atoms with Crippen molar-refractivity contribution in [3.63, 3.8) is 0 Å². The van der Waals surface area contributed by atoms with E-state index >= 15 is 0 Å². The van der Waals surface area contributed by atoms with Gasteiger partial charge in [0, 0.05) is 12.3 Å². The SMILES string of the molecule is CCC(C)(C)C(=O)OCC1CCOC(C)(C2CCCCC2)O1. The van der Waals surface area contributed by atoms with Crippen LogP contribution in [0.25, 0.3) is 0 Å². The number of hydrogen-bond donors (Lipinski definition) is 0. The van der Waals surface area contributed by atoms with E-state index in [1.807, 2.05) is 20.8 Å². The van der Waals surface area contributed by atoms with Gasteiger partial charge in [-0.2, -0.15) is 0 Å². The van der Waals surface area contributed by atoms with E-state index in [2.05, 4.69) is 6.92 Å². The Balaban J connectivity index is 1.86. The molecule has 0 amide bonds. The number of carbonyl (C=O) groups is 1. The smallest absolute Gasteiger partial charge is 0.311 e. The van der Waals surface area contributed by atoms with Gasteiger partial charge in [-0.05, 0) is 40.0 Å². The second-order valence-corrected chi connectivity index (χ2v) is 7.56. The fourth-order valence-corrected chi connectivity index (χ4v) is 3.28. The molecular formula is C18H32O4. The van der Waals surface area contributed by atoms with Gasteiger partial charge in [0.15, 0.2) is 5.79 Å². The molecule has 2 unspecified atom stereocenters. The minimum Gasteiger partial charge on any atom is -0.463 e. The van der Waals surface area contributed by atoms with E-state index in [1.165, 1.54) is 32.1 Å². The second kappa shape index (κ2) is 7.31. The molecule has 0 radical (unpaired) electrons. The minimum absolute atomic E-state index is 0.0442. The summed E-state index contributed by atoms with van der Waals surface area (Å²) in [5.41, 5.74) is -0.419. The van der Waals surface area contributed by atoms with E-state index in [9.17, 15) is 4.79 Å². The summed E-state index contributed by atoms with van der Waals surface area (Å²) in [7, 11) is 0. The summed E-state index contributed by atoms with van der Waals surface area (Å²) in [6.07, 6.45) is 7.71. The second-order valence-electron chi connectivity index (χ2n) is 7.56. The van der Waals surface area contributed by atoms with Crippen molar-refractivity contribution in [3.05, 3.63) is 0 Å². The average Bonchev–Trinajstić information content (AvgIpc) is 2.53. The van der Waals surface area contributed by atoms with Gasteiger partial charge in [-0.15, -0.1) is 0 Å². The van der Waals surface area contributed by atoms with E-state index in [1.54, 1.807) is 0 Å². The lowest BCUT2D eigenvalue weighted by Crippen LogP contribution is -2.49. The Labute approximate surface area is 134 Å². The summed E-state index contributed by atoms with van der Waals surface area (Å²) >= 11 is 0. The number of rotatable bonds is 5. The van der Waals surface area contributed by atoms with Gasteiger partial charge in [0.1, 0.15) is 6.61 Å². The molecule has 1 saturated heterocycles. The molecular weight excluding hydrogens is 280 g/mol. The Bertz CT molecular complexity index is 373. The zero-order valence-corrected chi connectivity index (χ0v) is 14.7. The Hall–Kier alpha value is -0.610.